The van der Waals surface area contributed by atoms with Gasteiger partial charge in [0.1, 0.15) is 11.6 Å². The van der Waals surface area contributed by atoms with Gasteiger partial charge in [-0.1, -0.05) is 134 Å². The Kier molecular flexibility index (Phi) is 11.2. The zero-order valence-corrected chi connectivity index (χ0v) is 38.4. The van der Waals surface area contributed by atoms with Gasteiger partial charge in [0.25, 0.3) is 0 Å². The highest BCUT2D eigenvalue weighted by Gasteiger charge is 2.36. The van der Waals surface area contributed by atoms with Crippen LogP contribution < -0.4 is 0 Å². The van der Waals surface area contributed by atoms with E-state index in [1.165, 1.54) is 12.1 Å². The number of allylic oxidation sites excluding steroid dienone is 3. The van der Waals surface area contributed by atoms with Crippen molar-refractivity contribution < 1.29 is 13.2 Å². The van der Waals surface area contributed by atoms with Crippen LogP contribution in [0.3, 0.4) is 0 Å². The van der Waals surface area contributed by atoms with Crippen LogP contribution in [0.4, 0.5) is 13.2 Å². The highest BCUT2D eigenvalue weighted by Crippen LogP contribution is 2.45. The number of pyridine rings is 1. The summed E-state index contributed by atoms with van der Waals surface area (Å²) in [6, 6.07) is 59.0. The first-order chi connectivity index (χ1) is 34.6. The molecule has 0 saturated carbocycles. The third-order valence-corrected chi connectivity index (χ3v) is 13.3. The number of nitriles is 2. The van der Waals surface area contributed by atoms with E-state index >= 15 is 13.2 Å². The van der Waals surface area contributed by atoms with E-state index in [0.29, 0.717) is 29.7 Å². The van der Waals surface area contributed by atoms with E-state index in [0.717, 1.165) is 89.6 Å². The first kappa shape index (κ1) is 44.2. The van der Waals surface area contributed by atoms with Crippen LogP contribution in [-0.4, -0.2) is 19.8 Å². The third-order valence-electron chi connectivity index (χ3n) is 13.3. The van der Waals surface area contributed by atoms with E-state index < -0.39 is 11.7 Å². The van der Waals surface area contributed by atoms with Crippen LogP contribution in [-0.2, 0) is 12.6 Å². The third kappa shape index (κ3) is 7.80. The molecule has 0 aliphatic heterocycles. The van der Waals surface area contributed by atoms with Gasteiger partial charge in [-0.2, -0.15) is 23.7 Å². The molecule has 6 nitrogen and oxygen atoms in total. The SMILES string of the molecule is C=C/C=C(\N=C(C)c1ccccc1)C1=Cc2c(c3ccccc3n2-c2cc(-c3c(C#N)cccc3C(F)(F)F)cc(-n3c4ccccc4c4ccc(-c5cccc(-c6ccccc6)n5)cc43)c2C#N)CC1. The van der Waals surface area contributed by atoms with Gasteiger partial charge in [0, 0.05) is 38.6 Å². The Morgan fingerprint density at radius 3 is 1.97 bits per heavy atom. The fourth-order valence-electron chi connectivity index (χ4n) is 10.1. The van der Waals surface area contributed by atoms with Gasteiger partial charge in [-0.3, -0.25) is 4.99 Å². The fraction of sp³-hybridized carbons (Fsp3) is 0.0645. The van der Waals surface area contributed by atoms with Gasteiger partial charge in [0.15, 0.2) is 0 Å². The van der Waals surface area contributed by atoms with Gasteiger partial charge >= 0.3 is 6.18 Å². The van der Waals surface area contributed by atoms with E-state index in [1.54, 1.807) is 18.2 Å². The predicted octanol–water partition coefficient (Wildman–Crippen LogP) is 15.8. The molecule has 0 spiro atoms. The monoisotopic (exact) mass is 926 g/mol. The molecule has 0 bridgehead atoms. The number of aromatic nitrogens is 3. The number of benzene rings is 7. The number of alkyl halides is 3. The topological polar surface area (TPSA) is 82.7 Å². The minimum absolute atomic E-state index is 0.125. The Morgan fingerprint density at radius 2 is 1.27 bits per heavy atom. The minimum atomic E-state index is -4.82. The van der Waals surface area contributed by atoms with Gasteiger partial charge in [-0.15, -0.1) is 0 Å². The Hall–Kier alpha value is -9.31. The summed E-state index contributed by atoms with van der Waals surface area (Å²) in [4.78, 5) is 10.2. The number of nitrogens with zero attached hydrogens (tertiary/aromatic N) is 6. The van der Waals surface area contributed by atoms with E-state index in [9.17, 15) is 10.5 Å². The number of hydrogen-bond acceptors (Lipinski definition) is 4. The quantitative estimate of drug-likeness (QED) is 0.107. The lowest BCUT2D eigenvalue weighted by molar-refractivity contribution is -0.137. The Bertz CT molecular complexity index is 3970. The van der Waals surface area contributed by atoms with E-state index in [-0.39, 0.29) is 22.3 Å². The Labute approximate surface area is 408 Å². The van der Waals surface area contributed by atoms with Crippen molar-refractivity contribution in [3.63, 3.8) is 0 Å². The maximum Gasteiger partial charge on any atom is 0.417 e. The molecule has 0 fully saturated rings. The summed E-state index contributed by atoms with van der Waals surface area (Å²) in [6.07, 6.45) is 2.14. The van der Waals surface area contributed by atoms with Gasteiger partial charge in [0.2, 0.25) is 0 Å². The smallest absolute Gasteiger partial charge is 0.308 e. The lowest BCUT2D eigenvalue weighted by atomic mass is 9.91. The normalized spacial score (nSPS) is 13.0. The molecule has 340 valence electrons. The highest BCUT2D eigenvalue weighted by atomic mass is 19.4. The van der Waals surface area contributed by atoms with Crippen molar-refractivity contribution in [3.8, 4) is 57.2 Å². The summed E-state index contributed by atoms with van der Waals surface area (Å²) in [6.45, 7) is 5.98. The zero-order valence-electron chi connectivity index (χ0n) is 38.4. The van der Waals surface area contributed by atoms with Crippen molar-refractivity contribution in [2.45, 2.75) is 25.9 Å². The van der Waals surface area contributed by atoms with Crippen LogP contribution in [0, 0.1) is 22.7 Å². The molecular weight excluding hydrogens is 886 g/mol. The Morgan fingerprint density at radius 1 is 0.634 bits per heavy atom. The molecule has 0 N–H and O–H groups in total. The number of halogens is 3. The number of para-hydroxylation sites is 2. The molecule has 0 radical (unpaired) electrons. The molecule has 3 heterocycles. The molecule has 7 aromatic carbocycles. The second-order valence-corrected chi connectivity index (χ2v) is 17.4. The summed E-state index contributed by atoms with van der Waals surface area (Å²) in [5.74, 6) is 0. The van der Waals surface area contributed by atoms with Gasteiger partial charge < -0.3 is 9.13 Å². The number of aliphatic imine (C=N–C) groups is 1. The summed E-state index contributed by atoms with van der Waals surface area (Å²) < 4.78 is 49.9. The molecule has 71 heavy (non-hydrogen) atoms. The molecule has 10 aromatic rings. The number of aryl methyl sites for hydroxylation is 1. The van der Waals surface area contributed by atoms with Crippen LogP contribution in [0.15, 0.2) is 211 Å². The summed E-state index contributed by atoms with van der Waals surface area (Å²) in [7, 11) is 0. The molecule has 1 aliphatic carbocycles. The average molecular weight is 927 g/mol. The van der Waals surface area contributed by atoms with Gasteiger partial charge in [0.05, 0.1) is 67.9 Å². The van der Waals surface area contributed by atoms with E-state index in [1.807, 2.05) is 168 Å². The predicted molar refractivity (Wildman–Crippen MR) is 279 cm³/mol. The maximum atomic E-state index is 15.3. The average Bonchev–Trinajstić information content (AvgIpc) is 3.92. The number of fused-ring (bicyclic) bond motifs is 6. The molecular formula is C62H41F3N6. The van der Waals surface area contributed by atoms with E-state index in [4.69, 9.17) is 9.98 Å². The van der Waals surface area contributed by atoms with Crippen molar-refractivity contribution in [1.82, 2.24) is 14.1 Å². The second-order valence-electron chi connectivity index (χ2n) is 17.4. The lowest BCUT2D eigenvalue weighted by Crippen LogP contribution is -2.11. The molecule has 3 aromatic heterocycles. The largest absolute Gasteiger partial charge is 0.417 e. The van der Waals surface area contributed by atoms with Crippen LogP contribution in [0.1, 0.15) is 46.9 Å². The molecule has 0 unspecified atom stereocenters. The second kappa shape index (κ2) is 18.0. The minimum Gasteiger partial charge on any atom is -0.308 e. The van der Waals surface area contributed by atoms with Gasteiger partial charge in [-0.25, -0.2) is 4.98 Å². The first-order valence-corrected chi connectivity index (χ1v) is 23.2. The lowest BCUT2D eigenvalue weighted by Gasteiger charge is -2.22. The van der Waals surface area contributed by atoms with Crippen molar-refractivity contribution >= 4 is 44.5 Å². The zero-order chi connectivity index (χ0) is 48.8. The van der Waals surface area contributed by atoms with Gasteiger partial charge in [-0.05, 0) is 109 Å². The summed E-state index contributed by atoms with van der Waals surface area (Å²) >= 11 is 0. The van der Waals surface area contributed by atoms with Crippen molar-refractivity contribution in [3.05, 3.63) is 239 Å². The molecule has 9 heteroatoms. The first-order valence-electron chi connectivity index (χ1n) is 23.2. The molecule has 1 aliphatic rings. The fourth-order valence-corrected chi connectivity index (χ4v) is 10.1. The number of hydrogen-bond donors (Lipinski definition) is 0. The van der Waals surface area contributed by atoms with Crippen LogP contribution in [0.2, 0.25) is 0 Å². The van der Waals surface area contributed by atoms with Crippen LogP contribution in [0.25, 0.3) is 83.8 Å². The highest BCUT2D eigenvalue weighted by molar-refractivity contribution is 6.10. The summed E-state index contributed by atoms with van der Waals surface area (Å²) in [5.41, 5.74) is 10.4. The van der Waals surface area contributed by atoms with Crippen LogP contribution in [0.5, 0.6) is 0 Å². The molecule has 0 atom stereocenters. The van der Waals surface area contributed by atoms with E-state index in [2.05, 4.69) is 24.8 Å². The Balaban J connectivity index is 1.23. The van der Waals surface area contributed by atoms with Crippen molar-refractivity contribution in [2.75, 3.05) is 0 Å². The standard InChI is InChI=1S/C62H41F3N6/c1-3-16-52(68-39(2)40-17-6-4-7-18-40)42-29-31-48-46-22-10-12-27-55(46)70(57(48)33-42)59-35-45(61-44(37-66)21-14-24-51(61)62(63,64)65)36-60(50(59)38-67)71-56-28-13-11-23-47(56)49-32-30-43(34-58(49)71)54-26-15-25-53(69-54)41-19-8-5-9-20-41/h3-28,30,32-36H,1,29,31H2,2H3/b52-16-,68-39?. The number of rotatable bonds is 9. The molecule has 0 amide bonds. The van der Waals surface area contributed by atoms with Crippen LogP contribution >= 0.6 is 0 Å². The maximum absolute atomic E-state index is 15.3. The summed E-state index contributed by atoms with van der Waals surface area (Å²) in [5, 5.41) is 24.9. The molecule has 0 saturated heterocycles. The molecule has 11 rings (SSSR count). The van der Waals surface area contributed by atoms with Crippen molar-refractivity contribution in [1.29, 1.82) is 10.5 Å². The van der Waals surface area contributed by atoms with Crippen molar-refractivity contribution in [2.24, 2.45) is 4.99 Å².